The number of hydrogen-bond donors (Lipinski definition) is 3. The first kappa shape index (κ1) is 22.8. The highest BCUT2D eigenvalue weighted by atomic mass is 35.5. The van der Waals surface area contributed by atoms with Crippen LogP contribution in [0, 0.1) is 6.92 Å². The van der Waals surface area contributed by atoms with Crippen molar-refractivity contribution in [1.82, 2.24) is 20.2 Å². The summed E-state index contributed by atoms with van der Waals surface area (Å²) in [4.78, 5) is 35.2. The summed E-state index contributed by atoms with van der Waals surface area (Å²) in [6.07, 6.45) is 2.94. The molecule has 2 amide bonds. The van der Waals surface area contributed by atoms with Gasteiger partial charge in [-0.05, 0) is 25.8 Å². The maximum Gasteiger partial charge on any atom is 0.287 e. The smallest absolute Gasteiger partial charge is 0.287 e. The van der Waals surface area contributed by atoms with E-state index in [1.54, 1.807) is 13.0 Å². The lowest BCUT2D eigenvalue weighted by molar-refractivity contribution is 0.0880. The molecule has 2 aromatic heterocycles. The number of carbonyl (C=O) groups is 2. The lowest BCUT2D eigenvalue weighted by Gasteiger charge is -2.31. The molecule has 0 aliphatic carbocycles. The van der Waals surface area contributed by atoms with Gasteiger partial charge in [-0.15, -0.1) is 0 Å². The highest BCUT2D eigenvalue weighted by molar-refractivity contribution is 6.29. The van der Waals surface area contributed by atoms with Gasteiger partial charge >= 0.3 is 0 Å². The maximum absolute atomic E-state index is 13.0. The topological polar surface area (TPSA) is 144 Å². The molecule has 0 bridgehead atoms. The van der Waals surface area contributed by atoms with Crippen LogP contribution in [-0.4, -0.2) is 58.0 Å². The zero-order valence-electron chi connectivity index (χ0n) is 18.2. The quantitative estimate of drug-likeness (QED) is 0.463. The molecule has 0 radical (unpaired) electrons. The van der Waals surface area contributed by atoms with Crippen LogP contribution in [0.15, 0.2) is 22.9 Å². The number of likely N-dealkylation sites (tertiary alicyclic amines) is 1. The Bertz CT molecular complexity index is 1220. The van der Waals surface area contributed by atoms with E-state index in [9.17, 15) is 14.7 Å². The molecular formula is C22H24ClN5O5. The van der Waals surface area contributed by atoms with Crippen molar-refractivity contribution in [2.45, 2.75) is 32.4 Å². The van der Waals surface area contributed by atoms with Crippen LogP contribution in [0.4, 0.5) is 0 Å². The molecule has 11 heteroatoms. The predicted octanol–water partition coefficient (Wildman–Crippen LogP) is 2.39. The number of aromatic hydroxyl groups is 1. The van der Waals surface area contributed by atoms with Crippen molar-refractivity contribution in [2.75, 3.05) is 20.2 Å². The number of nitrogens with zero attached hydrogens (tertiary/aromatic N) is 3. The molecule has 4 N–H and O–H groups in total. The van der Waals surface area contributed by atoms with Crippen molar-refractivity contribution >= 4 is 34.4 Å². The zero-order chi connectivity index (χ0) is 23.7. The van der Waals surface area contributed by atoms with E-state index >= 15 is 0 Å². The summed E-state index contributed by atoms with van der Waals surface area (Å²) >= 11 is 5.92. The van der Waals surface area contributed by atoms with E-state index in [1.165, 1.54) is 19.5 Å². The molecule has 0 saturated carbocycles. The number of furan rings is 1. The van der Waals surface area contributed by atoms with E-state index in [0.29, 0.717) is 22.6 Å². The average Bonchev–Trinajstić information content (AvgIpc) is 3.11. The molecule has 0 spiro atoms. The number of nitrogens with two attached hydrogens (primary N) is 1. The lowest BCUT2D eigenvalue weighted by atomic mass is 10.0. The van der Waals surface area contributed by atoms with Crippen LogP contribution in [-0.2, 0) is 6.54 Å². The van der Waals surface area contributed by atoms with E-state index in [4.69, 9.17) is 26.5 Å². The van der Waals surface area contributed by atoms with E-state index in [0.717, 1.165) is 31.6 Å². The van der Waals surface area contributed by atoms with Crippen molar-refractivity contribution in [1.29, 1.82) is 0 Å². The monoisotopic (exact) mass is 473 g/mol. The molecule has 1 aliphatic heterocycles. The van der Waals surface area contributed by atoms with Gasteiger partial charge < -0.3 is 25.3 Å². The molecule has 0 unspecified atom stereocenters. The number of primary amides is 1. The number of hydrogen-bond acceptors (Lipinski definition) is 8. The first-order valence-corrected chi connectivity index (χ1v) is 10.8. The largest absolute Gasteiger partial charge is 0.507 e. The van der Waals surface area contributed by atoms with E-state index in [2.05, 4.69) is 20.2 Å². The van der Waals surface area contributed by atoms with E-state index in [1.807, 2.05) is 0 Å². The van der Waals surface area contributed by atoms with Gasteiger partial charge in [0.1, 0.15) is 28.5 Å². The number of aromatic nitrogens is 2. The number of amides is 2. The Labute approximate surface area is 194 Å². The molecule has 33 heavy (non-hydrogen) atoms. The van der Waals surface area contributed by atoms with Crippen molar-refractivity contribution in [3.05, 3.63) is 46.2 Å². The highest BCUT2D eigenvalue weighted by Crippen LogP contribution is 2.40. The van der Waals surface area contributed by atoms with Gasteiger partial charge in [0.15, 0.2) is 11.3 Å². The maximum atomic E-state index is 13.0. The van der Waals surface area contributed by atoms with Crippen molar-refractivity contribution in [3.63, 3.8) is 0 Å². The number of aryl methyl sites for hydroxylation is 1. The molecule has 10 nitrogen and oxygen atoms in total. The van der Waals surface area contributed by atoms with Gasteiger partial charge in [0.25, 0.3) is 11.8 Å². The van der Waals surface area contributed by atoms with E-state index < -0.39 is 11.8 Å². The summed E-state index contributed by atoms with van der Waals surface area (Å²) < 4.78 is 11.0. The van der Waals surface area contributed by atoms with Crippen molar-refractivity contribution < 1.29 is 23.8 Å². The molecule has 1 saturated heterocycles. The molecule has 3 heterocycles. The van der Waals surface area contributed by atoms with Gasteiger partial charge in [-0.3, -0.25) is 14.5 Å². The first-order valence-electron chi connectivity index (χ1n) is 10.4. The van der Waals surface area contributed by atoms with Gasteiger partial charge in [0, 0.05) is 37.3 Å². The summed E-state index contributed by atoms with van der Waals surface area (Å²) in [5.41, 5.74) is 6.60. The summed E-state index contributed by atoms with van der Waals surface area (Å²) in [7, 11) is 1.42. The van der Waals surface area contributed by atoms with Crippen molar-refractivity contribution in [2.24, 2.45) is 5.73 Å². The predicted molar refractivity (Wildman–Crippen MR) is 120 cm³/mol. The molecule has 4 rings (SSSR count). The van der Waals surface area contributed by atoms with Gasteiger partial charge in [-0.1, -0.05) is 11.6 Å². The average molecular weight is 474 g/mol. The third-order valence-electron chi connectivity index (χ3n) is 5.82. The van der Waals surface area contributed by atoms with Crippen LogP contribution < -0.4 is 15.8 Å². The Balaban J connectivity index is 1.48. The van der Waals surface area contributed by atoms with Gasteiger partial charge in [-0.2, -0.15) is 0 Å². The second-order valence-electron chi connectivity index (χ2n) is 7.95. The third-order valence-corrected chi connectivity index (χ3v) is 6.02. The fraction of sp³-hybridized carbons (Fsp3) is 0.364. The Hall–Kier alpha value is -3.37. The standard InChI is InChI=1S/C22H24ClN5O5/c1-11-17-15(32-2)8-14(29)18(21(24)30)20(17)33-19(11)22(31)27-12-3-5-28(6-4-12)9-13-7-16(23)26-10-25-13/h7-8,10,12,29H,3-6,9H2,1-2H3,(H2,24,30)(H,27,31). The van der Waals surface area contributed by atoms with Crippen LogP contribution in [0.1, 0.15) is 45.0 Å². The van der Waals surface area contributed by atoms with Crippen LogP contribution in [0.2, 0.25) is 5.15 Å². The number of phenols is 1. The molecule has 3 aromatic rings. The number of methoxy groups -OCH3 is 1. The van der Waals surface area contributed by atoms with E-state index in [-0.39, 0.29) is 34.4 Å². The molecule has 0 atom stereocenters. The van der Waals surface area contributed by atoms with Crippen LogP contribution in [0.5, 0.6) is 11.5 Å². The second kappa shape index (κ2) is 9.24. The first-order chi connectivity index (χ1) is 15.8. The number of ether oxygens (including phenoxy) is 1. The lowest BCUT2D eigenvalue weighted by Crippen LogP contribution is -2.44. The molecule has 1 aromatic carbocycles. The number of piperidine rings is 1. The minimum atomic E-state index is -0.863. The Morgan fingerprint density at radius 3 is 2.70 bits per heavy atom. The number of carbonyl (C=O) groups excluding carboxylic acids is 2. The van der Waals surface area contributed by atoms with Crippen molar-refractivity contribution in [3.8, 4) is 11.5 Å². The molecule has 1 aliphatic rings. The van der Waals surface area contributed by atoms with Gasteiger partial charge in [0.2, 0.25) is 0 Å². The number of halogens is 1. The Morgan fingerprint density at radius 1 is 1.33 bits per heavy atom. The minimum Gasteiger partial charge on any atom is -0.507 e. The Kier molecular flexibility index (Phi) is 6.39. The summed E-state index contributed by atoms with van der Waals surface area (Å²) in [6, 6.07) is 2.99. The Morgan fingerprint density at radius 2 is 2.06 bits per heavy atom. The number of benzene rings is 1. The number of nitrogens with one attached hydrogen (secondary N) is 1. The van der Waals surface area contributed by atoms with Crippen LogP contribution >= 0.6 is 11.6 Å². The number of fused-ring (bicyclic) bond motifs is 1. The normalized spacial score (nSPS) is 15.0. The van der Waals surface area contributed by atoms with Gasteiger partial charge in [0.05, 0.1) is 18.2 Å². The minimum absolute atomic E-state index is 0.0281. The second-order valence-corrected chi connectivity index (χ2v) is 8.34. The van der Waals surface area contributed by atoms with Crippen LogP contribution in [0.3, 0.4) is 0 Å². The molecule has 174 valence electrons. The zero-order valence-corrected chi connectivity index (χ0v) is 19.0. The fourth-order valence-electron chi connectivity index (χ4n) is 4.16. The number of rotatable bonds is 6. The summed E-state index contributed by atoms with van der Waals surface area (Å²) in [6.45, 7) is 3.91. The highest BCUT2D eigenvalue weighted by Gasteiger charge is 2.28. The van der Waals surface area contributed by atoms with Crippen LogP contribution in [0.25, 0.3) is 11.0 Å². The summed E-state index contributed by atoms with van der Waals surface area (Å²) in [5.74, 6) is -1.30. The SMILES string of the molecule is COc1cc(O)c(C(N)=O)c2oc(C(=O)NC3CCN(Cc4cc(Cl)ncn4)CC3)c(C)c12. The molecular weight excluding hydrogens is 450 g/mol. The van der Waals surface area contributed by atoms with Gasteiger partial charge in [-0.25, -0.2) is 9.97 Å². The fourth-order valence-corrected chi connectivity index (χ4v) is 4.33. The third kappa shape index (κ3) is 4.57. The molecule has 1 fully saturated rings. The summed E-state index contributed by atoms with van der Waals surface area (Å²) in [5, 5.41) is 14.0.